The van der Waals surface area contributed by atoms with Crippen LogP contribution in [0.2, 0.25) is 5.02 Å². The molecule has 3 aromatic rings. The molecule has 2 aliphatic heterocycles. The van der Waals surface area contributed by atoms with E-state index in [0.29, 0.717) is 17.9 Å². The van der Waals surface area contributed by atoms with Crippen molar-refractivity contribution in [3.05, 3.63) is 76.8 Å². The van der Waals surface area contributed by atoms with E-state index in [4.69, 9.17) is 21.1 Å². The van der Waals surface area contributed by atoms with Gasteiger partial charge in [0.1, 0.15) is 12.4 Å². The van der Waals surface area contributed by atoms with Crippen molar-refractivity contribution in [3.8, 4) is 22.6 Å². The third-order valence-corrected chi connectivity index (χ3v) is 6.30. The summed E-state index contributed by atoms with van der Waals surface area (Å²) in [5, 5.41) is 0.123. The lowest BCUT2D eigenvalue weighted by molar-refractivity contribution is -0.0495. The van der Waals surface area contributed by atoms with E-state index in [9.17, 15) is 8.78 Å². The fraction of sp³-hybridized carbons (Fsp3) is 0.231. The molecule has 2 aliphatic rings. The second-order valence-corrected chi connectivity index (χ2v) is 8.96. The highest BCUT2D eigenvalue weighted by atomic mass is 35.5. The molecule has 0 spiro atoms. The van der Waals surface area contributed by atoms with Gasteiger partial charge < -0.3 is 14.4 Å². The van der Waals surface area contributed by atoms with Crippen molar-refractivity contribution in [1.82, 2.24) is 0 Å². The quantitative estimate of drug-likeness (QED) is 0.403. The van der Waals surface area contributed by atoms with Gasteiger partial charge in [-0.1, -0.05) is 41.9 Å². The van der Waals surface area contributed by atoms with Gasteiger partial charge in [0.25, 0.3) is 0 Å². The highest BCUT2D eigenvalue weighted by molar-refractivity contribution is 6.32. The van der Waals surface area contributed by atoms with Crippen LogP contribution >= 0.6 is 11.6 Å². The highest BCUT2D eigenvalue weighted by Gasteiger charge is 2.36. The smallest absolute Gasteiger partial charge is 0.387 e. The Morgan fingerprint density at radius 1 is 1.03 bits per heavy atom. The minimum atomic E-state index is -2.99. The van der Waals surface area contributed by atoms with E-state index in [2.05, 4.69) is 43.9 Å². The number of allylic oxidation sites excluding steroid dienone is 1. The van der Waals surface area contributed by atoms with Gasteiger partial charge in [0.05, 0.1) is 16.1 Å². The van der Waals surface area contributed by atoms with E-state index in [1.807, 2.05) is 30.3 Å². The zero-order valence-corrected chi connectivity index (χ0v) is 18.7. The first kappa shape index (κ1) is 20.8. The standard InChI is InChI=1S/C26H22ClF2NO2/c1-15-13-26(2,3)30(16-7-5-4-6-8-16)20-11-9-17-18(22(15)20)14-31-21-12-10-19(27)24(23(17)21)32-25(28)29/h4-13,25H,14H2,1-3H3. The van der Waals surface area contributed by atoms with Crippen molar-refractivity contribution in [1.29, 1.82) is 0 Å². The number of para-hydroxylation sites is 1. The van der Waals surface area contributed by atoms with Gasteiger partial charge in [-0.25, -0.2) is 0 Å². The van der Waals surface area contributed by atoms with Crippen molar-refractivity contribution < 1.29 is 18.3 Å². The number of rotatable bonds is 3. The molecule has 2 heterocycles. The fourth-order valence-corrected chi connectivity index (χ4v) is 5.14. The number of alkyl halides is 2. The Morgan fingerprint density at radius 2 is 1.78 bits per heavy atom. The van der Waals surface area contributed by atoms with Gasteiger partial charge in [0.2, 0.25) is 0 Å². The summed E-state index contributed by atoms with van der Waals surface area (Å²) in [7, 11) is 0. The largest absolute Gasteiger partial charge is 0.488 e. The molecule has 0 atom stereocenters. The molecular formula is C26H22ClF2NO2. The number of fused-ring (bicyclic) bond motifs is 5. The number of halogens is 3. The van der Waals surface area contributed by atoms with Crippen molar-refractivity contribution >= 4 is 28.5 Å². The summed E-state index contributed by atoms with van der Waals surface area (Å²) in [5.74, 6) is 0.424. The Balaban J connectivity index is 1.76. The van der Waals surface area contributed by atoms with Gasteiger partial charge in [-0.15, -0.1) is 0 Å². The molecule has 0 unspecified atom stereocenters. The third kappa shape index (κ3) is 3.23. The lowest BCUT2D eigenvalue weighted by Gasteiger charge is -2.44. The lowest BCUT2D eigenvalue weighted by atomic mass is 9.82. The lowest BCUT2D eigenvalue weighted by Crippen LogP contribution is -2.41. The predicted molar refractivity (Wildman–Crippen MR) is 124 cm³/mol. The van der Waals surface area contributed by atoms with E-state index >= 15 is 0 Å². The Labute approximate surface area is 190 Å². The van der Waals surface area contributed by atoms with Crippen LogP contribution in [0.1, 0.15) is 31.9 Å². The molecule has 0 radical (unpaired) electrons. The summed E-state index contributed by atoms with van der Waals surface area (Å²) in [6.45, 7) is 3.76. The van der Waals surface area contributed by atoms with Crippen LogP contribution in [0.3, 0.4) is 0 Å². The average molecular weight is 454 g/mol. The van der Waals surface area contributed by atoms with Crippen LogP contribution in [0.25, 0.3) is 16.7 Å². The second-order valence-electron chi connectivity index (χ2n) is 8.55. The molecule has 32 heavy (non-hydrogen) atoms. The molecule has 0 fully saturated rings. The topological polar surface area (TPSA) is 21.7 Å². The molecule has 0 amide bonds. The number of hydrogen-bond acceptors (Lipinski definition) is 3. The number of benzene rings is 3. The summed E-state index contributed by atoms with van der Waals surface area (Å²) in [6, 6.07) is 17.4. The highest BCUT2D eigenvalue weighted by Crippen LogP contribution is 2.53. The summed E-state index contributed by atoms with van der Waals surface area (Å²) in [5.41, 5.74) is 6.21. The summed E-state index contributed by atoms with van der Waals surface area (Å²) in [4.78, 5) is 2.29. The van der Waals surface area contributed by atoms with Gasteiger partial charge in [-0.3, -0.25) is 0 Å². The molecule has 5 rings (SSSR count). The first-order chi connectivity index (χ1) is 15.3. The summed E-state index contributed by atoms with van der Waals surface area (Å²) in [6.07, 6.45) is 2.23. The molecule has 0 aromatic heterocycles. The van der Waals surface area contributed by atoms with E-state index in [1.165, 1.54) is 6.07 Å². The number of nitrogens with zero attached hydrogens (tertiary/aromatic N) is 1. The monoisotopic (exact) mass is 453 g/mol. The van der Waals surface area contributed by atoms with Crippen LogP contribution in [-0.2, 0) is 6.61 Å². The normalized spacial score (nSPS) is 16.0. The van der Waals surface area contributed by atoms with E-state index in [1.54, 1.807) is 6.07 Å². The van der Waals surface area contributed by atoms with Crippen molar-refractivity contribution in [2.45, 2.75) is 39.5 Å². The molecule has 0 saturated carbocycles. The maximum Gasteiger partial charge on any atom is 0.387 e. The average Bonchev–Trinajstić information content (AvgIpc) is 2.74. The Kier molecular flexibility index (Phi) is 4.90. The second kappa shape index (κ2) is 7.52. The zero-order valence-electron chi connectivity index (χ0n) is 18.0. The first-order valence-electron chi connectivity index (χ1n) is 10.4. The molecule has 0 bridgehead atoms. The molecule has 0 N–H and O–H groups in total. The summed E-state index contributed by atoms with van der Waals surface area (Å²) < 4.78 is 37.2. The summed E-state index contributed by atoms with van der Waals surface area (Å²) >= 11 is 6.25. The molecule has 6 heteroatoms. The van der Waals surface area contributed by atoms with Crippen LogP contribution in [0.15, 0.2) is 60.7 Å². The molecular weight excluding hydrogens is 432 g/mol. The molecule has 3 aromatic carbocycles. The van der Waals surface area contributed by atoms with Crippen LogP contribution in [0.5, 0.6) is 11.5 Å². The fourth-order valence-electron chi connectivity index (χ4n) is 4.94. The van der Waals surface area contributed by atoms with Gasteiger partial charge >= 0.3 is 6.61 Å². The van der Waals surface area contributed by atoms with Crippen LogP contribution in [0.4, 0.5) is 20.2 Å². The third-order valence-electron chi connectivity index (χ3n) is 6.01. The maximum absolute atomic E-state index is 13.2. The Bertz CT molecular complexity index is 1240. The SMILES string of the molecule is CC1=CC(C)(C)N(c2ccccc2)c2ccc3c(c21)COc1ccc(Cl)c(OC(F)F)c1-3. The van der Waals surface area contributed by atoms with Gasteiger partial charge in [-0.05, 0) is 62.2 Å². The molecule has 0 saturated heterocycles. The zero-order chi connectivity index (χ0) is 22.6. The van der Waals surface area contributed by atoms with Crippen molar-refractivity contribution in [2.24, 2.45) is 0 Å². The van der Waals surface area contributed by atoms with Gasteiger partial charge in [0.15, 0.2) is 5.75 Å². The van der Waals surface area contributed by atoms with E-state index < -0.39 is 6.61 Å². The Morgan fingerprint density at radius 3 is 2.50 bits per heavy atom. The van der Waals surface area contributed by atoms with Crippen LogP contribution < -0.4 is 14.4 Å². The molecule has 0 aliphatic carbocycles. The van der Waals surface area contributed by atoms with Gasteiger partial charge in [0, 0.05) is 22.5 Å². The number of hydrogen-bond donors (Lipinski definition) is 0. The van der Waals surface area contributed by atoms with Crippen LogP contribution in [0, 0.1) is 0 Å². The predicted octanol–water partition coefficient (Wildman–Crippen LogP) is 7.83. The molecule has 3 nitrogen and oxygen atoms in total. The molecule has 164 valence electrons. The van der Waals surface area contributed by atoms with Crippen molar-refractivity contribution in [2.75, 3.05) is 4.90 Å². The van der Waals surface area contributed by atoms with E-state index in [0.717, 1.165) is 33.6 Å². The Hall–Kier alpha value is -3.05. The minimum absolute atomic E-state index is 0.0576. The number of anilines is 2. The maximum atomic E-state index is 13.2. The first-order valence-corrected chi connectivity index (χ1v) is 10.8. The van der Waals surface area contributed by atoms with Crippen LogP contribution in [-0.4, -0.2) is 12.2 Å². The van der Waals surface area contributed by atoms with Gasteiger partial charge in [-0.2, -0.15) is 8.78 Å². The van der Waals surface area contributed by atoms with E-state index in [-0.39, 0.29) is 16.3 Å². The number of ether oxygens (including phenoxy) is 2. The minimum Gasteiger partial charge on any atom is -0.488 e. The van der Waals surface area contributed by atoms with Crippen molar-refractivity contribution in [3.63, 3.8) is 0 Å².